The van der Waals surface area contributed by atoms with Crippen molar-refractivity contribution in [2.24, 2.45) is 11.0 Å². The van der Waals surface area contributed by atoms with Crippen LogP contribution < -0.4 is 5.43 Å². The number of nitrogens with one attached hydrogen (secondary N) is 1. The normalized spacial score (nSPS) is 15.6. The summed E-state index contributed by atoms with van der Waals surface area (Å²) in [7, 11) is 0. The van der Waals surface area contributed by atoms with E-state index in [1.54, 1.807) is 12.1 Å². The summed E-state index contributed by atoms with van der Waals surface area (Å²) in [6, 6.07) is 14.4. The quantitative estimate of drug-likeness (QED) is 0.417. The van der Waals surface area contributed by atoms with Crippen molar-refractivity contribution in [2.45, 2.75) is 19.4 Å². The third-order valence-corrected chi connectivity index (χ3v) is 5.28. The van der Waals surface area contributed by atoms with E-state index in [9.17, 15) is 14.9 Å². The fraction of sp³-hybridized carbons (Fsp3) is 0.300. The van der Waals surface area contributed by atoms with Crippen LogP contribution in [0.15, 0.2) is 58.1 Å². The molecule has 8 heteroatoms. The molecule has 0 bridgehead atoms. The predicted molar refractivity (Wildman–Crippen MR) is 111 cm³/mol. The van der Waals surface area contributed by atoms with Crippen LogP contribution in [-0.4, -0.2) is 35.0 Å². The molecule has 2 aromatic carbocycles. The van der Waals surface area contributed by atoms with Gasteiger partial charge in [-0.3, -0.25) is 19.8 Å². The Kier molecular flexibility index (Phi) is 6.89. The van der Waals surface area contributed by atoms with Gasteiger partial charge < -0.3 is 0 Å². The minimum absolute atomic E-state index is 0.00609. The van der Waals surface area contributed by atoms with E-state index in [4.69, 9.17) is 0 Å². The second kappa shape index (κ2) is 9.57. The molecule has 0 aromatic heterocycles. The second-order valence-electron chi connectivity index (χ2n) is 6.76. The molecule has 0 aliphatic carbocycles. The highest BCUT2D eigenvalue weighted by atomic mass is 79.9. The molecule has 7 nitrogen and oxygen atoms in total. The zero-order chi connectivity index (χ0) is 19.9. The lowest BCUT2D eigenvalue weighted by atomic mass is 9.96. The maximum absolute atomic E-state index is 12.3. The predicted octanol–water partition coefficient (Wildman–Crippen LogP) is 3.72. The fourth-order valence-electron chi connectivity index (χ4n) is 3.18. The average Bonchev–Trinajstić information content (AvgIpc) is 2.70. The number of carbonyl (C=O) groups excluding carboxylic acids is 1. The topological polar surface area (TPSA) is 87.8 Å². The summed E-state index contributed by atoms with van der Waals surface area (Å²) in [5.74, 6) is -0.173. The van der Waals surface area contributed by atoms with Gasteiger partial charge in [0.15, 0.2) is 0 Å². The van der Waals surface area contributed by atoms with Gasteiger partial charge >= 0.3 is 0 Å². The van der Waals surface area contributed by atoms with E-state index in [-0.39, 0.29) is 17.5 Å². The Hall–Kier alpha value is -2.58. The third-order valence-electron chi connectivity index (χ3n) is 4.75. The maximum Gasteiger partial charge on any atom is 0.270 e. The van der Waals surface area contributed by atoms with Crippen LogP contribution in [0, 0.1) is 16.0 Å². The molecule has 0 saturated carbocycles. The number of hydrogen-bond donors (Lipinski definition) is 1. The van der Waals surface area contributed by atoms with E-state index >= 15 is 0 Å². The van der Waals surface area contributed by atoms with E-state index in [1.807, 2.05) is 12.1 Å². The van der Waals surface area contributed by atoms with E-state index in [0.29, 0.717) is 5.56 Å². The van der Waals surface area contributed by atoms with Crippen molar-refractivity contribution in [1.82, 2.24) is 10.3 Å². The standard InChI is InChI=1S/C20H21BrN4O3/c21-18-6-4-15(5-7-18)14-24-10-8-17(9-11-24)20(26)23-22-13-16-2-1-3-19(12-16)25(27)28/h1-7,12-13,17H,8-11,14H2,(H,23,26)/b22-13-. The maximum atomic E-state index is 12.3. The zero-order valence-corrected chi connectivity index (χ0v) is 16.8. The molecule has 1 saturated heterocycles. The lowest BCUT2D eigenvalue weighted by molar-refractivity contribution is -0.384. The van der Waals surface area contributed by atoms with Crippen LogP contribution in [-0.2, 0) is 11.3 Å². The van der Waals surface area contributed by atoms with E-state index in [2.05, 4.69) is 43.5 Å². The lowest BCUT2D eigenvalue weighted by Gasteiger charge is -2.30. The van der Waals surface area contributed by atoms with Gasteiger partial charge in [0.2, 0.25) is 5.91 Å². The molecule has 3 rings (SSSR count). The summed E-state index contributed by atoms with van der Waals surface area (Å²) in [5, 5.41) is 14.7. The smallest absolute Gasteiger partial charge is 0.270 e. The van der Waals surface area contributed by atoms with Gasteiger partial charge in [-0.15, -0.1) is 0 Å². The zero-order valence-electron chi connectivity index (χ0n) is 15.3. The number of rotatable bonds is 6. The van der Waals surface area contributed by atoms with Crippen molar-refractivity contribution in [1.29, 1.82) is 0 Å². The number of halogens is 1. The number of benzene rings is 2. The third kappa shape index (κ3) is 5.71. The Bertz CT molecular complexity index is 862. The number of nitrogens with zero attached hydrogens (tertiary/aromatic N) is 3. The van der Waals surface area contributed by atoms with Crippen LogP contribution in [0.1, 0.15) is 24.0 Å². The van der Waals surface area contributed by atoms with Crippen molar-refractivity contribution >= 4 is 33.7 Å². The molecule has 28 heavy (non-hydrogen) atoms. The number of non-ortho nitro benzene ring substituents is 1. The summed E-state index contributed by atoms with van der Waals surface area (Å²) in [6.07, 6.45) is 3.00. The van der Waals surface area contributed by atoms with Crippen LogP contribution in [0.3, 0.4) is 0 Å². The minimum Gasteiger partial charge on any atom is -0.299 e. The number of carbonyl (C=O) groups is 1. The highest BCUT2D eigenvalue weighted by molar-refractivity contribution is 9.10. The average molecular weight is 445 g/mol. The minimum atomic E-state index is -0.460. The summed E-state index contributed by atoms with van der Waals surface area (Å²) in [6.45, 7) is 2.61. The van der Waals surface area contributed by atoms with Crippen LogP contribution >= 0.6 is 15.9 Å². The Morgan fingerprint density at radius 2 is 1.96 bits per heavy atom. The van der Waals surface area contributed by atoms with Crippen LogP contribution in [0.5, 0.6) is 0 Å². The first-order chi connectivity index (χ1) is 13.5. The summed E-state index contributed by atoms with van der Waals surface area (Å²) < 4.78 is 1.07. The molecule has 1 fully saturated rings. The number of likely N-dealkylation sites (tertiary alicyclic amines) is 1. The molecule has 2 aromatic rings. The van der Waals surface area contributed by atoms with E-state index in [0.717, 1.165) is 36.9 Å². The number of piperidine rings is 1. The molecule has 0 spiro atoms. The molecule has 1 amide bonds. The summed E-state index contributed by atoms with van der Waals surface area (Å²) in [5.41, 5.74) is 4.38. The van der Waals surface area contributed by atoms with Gasteiger partial charge in [0, 0.05) is 34.6 Å². The van der Waals surface area contributed by atoms with Crippen LogP contribution in [0.4, 0.5) is 5.69 Å². The first kappa shape index (κ1) is 20.2. The molecule has 1 aliphatic rings. The van der Waals surface area contributed by atoms with Gasteiger partial charge in [-0.2, -0.15) is 5.10 Å². The molecule has 1 heterocycles. The molecular formula is C20H21BrN4O3. The number of amides is 1. The Morgan fingerprint density at radius 3 is 2.64 bits per heavy atom. The van der Waals surface area contributed by atoms with Gasteiger partial charge in [0.05, 0.1) is 11.1 Å². The number of hydrazone groups is 1. The van der Waals surface area contributed by atoms with Gasteiger partial charge in [-0.25, -0.2) is 5.43 Å². The molecule has 1 N–H and O–H groups in total. The Morgan fingerprint density at radius 1 is 1.25 bits per heavy atom. The molecular weight excluding hydrogens is 424 g/mol. The van der Waals surface area contributed by atoms with E-state index < -0.39 is 4.92 Å². The highest BCUT2D eigenvalue weighted by Gasteiger charge is 2.24. The van der Waals surface area contributed by atoms with Crippen LogP contribution in [0.25, 0.3) is 0 Å². The Labute approximate surface area is 171 Å². The molecule has 146 valence electrons. The highest BCUT2D eigenvalue weighted by Crippen LogP contribution is 2.20. The SMILES string of the molecule is O=C(N/N=C\c1cccc([N+](=O)[O-])c1)C1CCN(Cc2ccc(Br)cc2)CC1. The summed E-state index contributed by atoms with van der Waals surface area (Å²) in [4.78, 5) is 25.0. The monoisotopic (exact) mass is 444 g/mol. The van der Waals surface area contributed by atoms with Gasteiger partial charge in [-0.05, 0) is 43.6 Å². The number of nitro benzene ring substituents is 1. The van der Waals surface area contributed by atoms with Crippen LogP contribution in [0.2, 0.25) is 0 Å². The van der Waals surface area contributed by atoms with Crippen molar-refractivity contribution < 1.29 is 9.72 Å². The summed E-state index contributed by atoms with van der Waals surface area (Å²) >= 11 is 3.44. The first-order valence-corrected chi connectivity index (χ1v) is 9.85. The number of nitro groups is 1. The van der Waals surface area contributed by atoms with Crippen molar-refractivity contribution in [3.8, 4) is 0 Å². The fourth-order valence-corrected chi connectivity index (χ4v) is 3.45. The molecule has 0 atom stereocenters. The number of hydrogen-bond acceptors (Lipinski definition) is 5. The van der Waals surface area contributed by atoms with Gasteiger partial charge in [-0.1, -0.05) is 40.2 Å². The van der Waals surface area contributed by atoms with Crippen molar-refractivity contribution in [2.75, 3.05) is 13.1 Å². The first-order valence-electron chi connectivity index (χ1n) is 9.05. The molecule has 0 unspecified atom stereocenters. The molecule has 1 aliphatic heterocycles. The molecule has 0 radical (unpaired) electrons. The van der Waals surface area contributed by atoms with Gasteiger partial charge in [0.1, 0.15) is 0 Å². The second-order valence-corrected chi connectivity index (χ2v) is 7.68. The van der Waals surface area contributed by atoms with E-state index in [1.165, 1.54) is 23.9 Å². The largest absolute Gasteiger partial charge is 0.299 e. The van der Waals surface area contributed by atoms with Crippen molar-refractivity contribution in [3.63, 3.8) is 0 Å². The van der Waals surface area contributed by atoms with Crippen molar-refractivity contribution in [3.05, 3.63) is 74.2 Å². The van der Waals surface area contributed by atoms with Gasteiger partial charge in [0.25, 0.3) is 5.69 Å². The Balaban J connectivity index is 1.45. The lowest BCUT2D eigenvalue weighted by Crippen LogP contribution is -2.39.